The van der Waals surface area contributed by atoms with Crippen LogP contribution < -0.4 is 5.26 Å². The van der Waals surface area contributed by atoms with Crippen molar-refractivity contribution in [2.45, 2.75) is 49.4 Å². The van der Waals surface area contributed by atoms with E-state index in [0.717, 1.165) is 38.5 Å². The van der Waals surface area contributed by atoms with E-state index >= 15 is 0 Å². The predicted octanol–water partition coefficient (Wildman–Crippen LogP) is 1.98. The number of hydrogen-bond donors (Lipinski definition) is 0. The molecule has 4 rings (SSSR count). The molecule has 6 nitrogen and oxygen atoms in total. The number of carbonyl (C=O) groups is 1. The fourth-order valence-corrected chi connectivity index (χ4v) is 5.41. The van der Waals surface area contributed by atoms with E-state index in [1.54, 1.807) is 7.11 Å². The molecule has 0 heterocycles. The summed E-state index contributed by atoms with van der Waals surface area (Å²) in [5, 5.41) is 8.47. The molecule has 0 N–H and O–H groups in total. The van der Waals surface area contributed by atoms with E-state index < -0.39 is 23.3 Å². The van der Waals surface area contributed by atoms with Crippen LogP contribution in [0.2, 0.25) is 0 Å². The third-order valence-electron chi connectivity index (χ3n) is 5.48. The Morgan fingerprint density at radius 2 is 1.96 bits per heavy atom. The Bertz CT molecular complexity index is 460. The molecule has 0 aromatic carbocycles. The van der Waals surface area contributed by atoms with Gasteiger partial charge in [0.1, 0.15) is 12.0 Å². The summed E-state index contributed by atoms with van der Waals surface area (Å²) >= 11 is -0.660. The minimum atomic E-state index is -3.98. The largest absolute Gasteiger partial charge is 0.691 e. The number of rotatable bonds is 7. The van der Waals surface area contributed by atoms with E-state index in [0.29, 0.717) is 11.8 Å². The van der Waals surface area contributed by atoms with Gasteiger partial charge < -0.3 is 14.7 Å². The first-order chi connectivity index (χ1) is 10.8. The van der Waals surface area contributed by atoms with Crippen molar-refractivity contribution in [2.75, 3.05) is 13.7 Å². The summed E-state index contributed by atoms with van der Waals surface area (Å²) in [5.41, 5.74) is -0.486. The van der Waals surface area contributed by atoms with Gasteiger partial charge in [-0.2, -0.15) is 13.1 Å². The molecule has 2 atom stereocenters. The second-order valence-corrected chi connectivity index (χ2v) is 7.98. The Hall–Kier alpha value is -0.480. The van der Waals surface area contributed by atoms with Crippen LogP contribution in [0.4, 0.5) is 8.78 Å². The fraction of sp³-hybridized carbons (Fsp3) is 0.929. The molecule has 0 aromatic rings. The normalized spacial score (nSPS) is 38.8. The second kappa shape index (κ2) is 6.11. The van der Waals surface area contributed by atoms with Crippen molar-refractivity contribution in [2.24, 2.45) is 17.3 Å². The van der Waals surface area contributed by atoms with Crippen molar-refractivity contribution in [1.29, 1.82) is 0 Å². The second-order valence-electron chi connectivity index (χ2n) is 7.16. The molecule has 4 saturated carbocycles. The summed E-state index contributed by atoms with van der Waals surface area (Å²) in [5.74, 6) is -0.717. The van der Waals surface area contributed by atoms with Gasteiger partial charge in [0.15, 0.2) is 0 Å². The molecule has 2 unspecified atom stereocenters. The average Bonchev–Trinajstić information content (AvgIpc) is 2.49. The number of methoxy groups -OCH3 is 1. The molecule has 0 aliphatic heterocycles. The van der Waals surface area contributed by atoms with Crippen LogP contribution >= 0.6 is 12.0 Å². The highest BCUT2D eigenvalue weighted by molar-refractivity contribution is 7.96. The van der Waals surface area contributed by atoms with E-state index in [1.807, 2.05) is 0 Å². The van der Waals surface area contributed by atoms with Crippen LogP contribution in [0.3, 0.4) is 0 Å². The quantitative estimate of drug-likeness (QED) is 0.300. The summed E-state index contributed by atoms with van der Waals surface area (Å²) in [6.07, 6.45) is 5.62. The Labute approximate surface area is 136 Å². The van der Waals surface area contributed by atoms with Crippen LogP contribution in [0.5, 0.6) is 0 Å². The number of esters is 1. The Morgan fingerprint density at radius 3 is 2.52 bits per heavy atom. The lowest BCUT2D eigenvalue weighted by atomic mass is 9.48. The zero-order valence-electron chi connectivity index (χ0n) is 12.7. The molecule has 0 aromatic heterocycles. The molecule has 0 saturated heterocycles. The Balaban J connectivity index is 1.63. The number of hydrogen-bond acceptors (Lipinski definition) is 7. The van der Waals surface area contributed by atoms with Crippen molar-refractivity contribution >= 4 is 18.0 Å². The molecule has 4 bridgehead atoms. The van der Waals surface area contributed by atoms with Gasteiger partial charge in [-0.25, -0.2) is 4.79 Å². The maximum atomic E-state index is 13.4. The van der Waals surface area contributed by atoms with Crippen molar-refractivity contribution < 1.29 is 37.7 Å². The van der Waals surface area contributed by atoms with Gasteiger partial charge in [-0.05, 0) is 50.4 Å². The summed E-state index contributed by atoms with van der Waals surface area (Å²) in [6, 6.07) is 0. The van der Waals surface area contributed by atoms with Crippen molar-refractivity contribution in [1.82, 2.24) is 0 Å². The summed E-state index contributed by atoms with van der Waals surface area (Å²) in [6.45, 7) is -0.0572. The topological polar surface area (TPSA) is 77.1 Å². The molecule has 132 valence electrons. The standard InChI is InChI=1S/C14H20F2O6S/c1-19-13-5-9-2-10(6-13)4-12(3-9,7-13)8-20-11(17)14(15,16)23-22-21-18/h9-10,18H,2-8H2,1H3/p-1. The van der Waals surface area contributed by atoms with Gasteiger partial charge in [0.25, 0.3) is 0 Å². The van der Waals surface area contributed by atoms with Crippen molar-refractivity contribution in [3.05, 3.63) is 0 Å². The minimum Gasteiger partial charge on any atom is -0.691 e. The molecule has 0 radical (unpaired) electrons. The summed E-state index contributed by atoms with van der Waals surface area (Å²) in [7, 11) is 1.69. The Morgan fingerprint density at radius 1 is 1.30 bits per heavy atom. The highest BCUT2D eigenvalue weighted by Crippen LogP contribution is 2.62. The van der Waals surface area contributed by atoms with Gasteiger partial charge in [-0.1, -0.05) is 0 Å². The van der Waals surface area contributed by atoms with E-state index in [4.69, 9.17) is 9.47 Å². The number of alkyl halides is 2. The lowest BCUT2D eigenvalue weighted by molar-refractivity contribution is -0.777. The number of ether oxygens (including phenoxy) is 2. The molecule has 4 aliphatic carbocycles. The van der Waals surface area contributed by atoms with Crippen molar-refractivity contribution in [3.63, 3.8) is 0 Å². The monoisotopic (exact) mass is 353 g/mol. The highest BCUT2D eigenvalue weighted by atomic mass is 32.2. The van der Waals surface area contributed by atoms with Crippen LogP contribution in [0.25, 0.3) is 0 Å². The maximum Gasteiger partial charge on any atom is 0.415 e. The van der Waals surface area contributed by atoms with E-state index in [9.17, 15) is 18.8 Å². The maximum absolute atomic E-state index is 13.4. The van der Waals surface area contributed by atoms with Crippen molar-refractivity contribution in [3.8, 4) is 0 Å². The van der Waals surface area contributed by atoms with E-state index in [-0.39, 0.29) is 17.6 Å². The highest BCUT2D eigenvalue weighted by Gasteiger charge is 2.59. The van der Waals surface area contributed by atoms with E-state index in [1.165, 1.54) is 0 Å². The first kappa shape index (κ1) is 17.3. The first-order valence-corrected chi connectivity index (χ1v) is 8.31. The zero-order chi connectivity index (χ0) is 16.7. The molecule has 4 fully saturated rings. The van der Waals surface area contributed by atoms with Crippen LogP contribution in [0.1, 0.15) is 38.5 Å². The number of halogens is 2. The summed E-state index contributed by atoms with van der Waals surface area (Å²) < 4.78 is 41.0. The molecule has 0 amide bonds. The van der Waals surface area contributed by atoms with Gasteiger partial charge in [-0.15, -0.1) is 0 Å². The molecule has 23 heavy (non-hydrogen) atoms. The zero-order valence-corrected chi connectivity index (χ0v) is 13.5. The Kier molecular flexibility index (Phi) is 4.61. The van der Waals surface area contributed by atoms with Crippen LogP contribution in [-0.4, -0.2) is 30.5 Å². The van der Waals surface area contributed by atoms with Crippen LogP contribution in [-0.2, 0) is 23.6 Å². The first-order valence-electron chi connectivity index (χ1n) is 7.57. The predicted molar refractivity (Wildman–Crippen MR) is 72.5 cm³/mol. The lowest BCUT2D eigenvalue weighted by Gasteiger charge is -2.61. The molecular weight excluding hydrogens is 334 g/mol. The number of carbonyl (C=O) groups excluding carboxylic acids is 1. The van der Waals surface area contributed by atoms with Crippen LogP contribution in [0.15, 0.2) is 0 Å². The average molecular weight is 353 g/mol. The molecule has 9 heteroatoms. The van der Waals surface area contributed by atoms with Gasteiger partial charge in [0.2, 0.25) is 0 Å². The van der Waals surface area contributed by atoms with Gasteiger partial charge >= 0.3 is 11.2 Å². The minimum absolute atomic E-state index is 0.0572. The molecular formula is C14H19F2O6S-. The third-order valence-corrected chi connectivity index (χ3v) is 5.97. The van der Waals surface area contributed by atoms with Crippen LogP contribution in [0, 0.1) is 17.3 Å². The lowest BCUT2D eigenvalue weighted by Crippen LogP contribution is -2.58. The molecule has 4 aliphatic rings. The fourth-order valence-electron chi connectivity index (χ4n) is 5.17. The van der Waals surface area contributed by atoms with Gasteiger partial charge in [-0.3, -0.25) is 5.04 Å². The third kappa shape index (κ3) is 3.34. The van der Waals surface area contributed by atoms with E-state index in [2.05, 4.69) is 9.37 Å². The summed E-state index contributed by atoms with van der Waals surface area (Å²) in [4.78, 5) is 11.6. The van der Waals surface area contributed by atoms with Gasteiger partial charge in [0.05, 0.1) is 12.2 Å². The van der Waals surface area contributed by atoms with Gasteiger partial charge in [0, 0.05) is 12.5 Å². The smallest absolute Gasteiger partial charge is 0.415 e. The SMILES string of the molecule is COC12CC3CC(CC(COC(=O)C(F)(F)SOO[O-])(C3)C1)C2. The molecule has 0 spiro atoms.